The van der Waals surface area contributed by atoms with Crippen molar-refractivity contribution < 1.29 is 19.1 Å². The number of hydrogen-bond acceptors (Lipinski definition) is 6. The van der Waals surface area contributed by atoms with Gasteiger partial charge in [0.2, 0.25) is 0 Å². The molecule has 6 nitrogen and oxygen atoms in total. The molecule has 3 aliphatic rings. The average molecular weight is 314 g/mol. The molecule has 2 heterocycles. The normalized spacial score (nSPS) is 23.0. The van der Waals surface area contributed by atoms with Gasteiger partial charge in [0.25, 0.3) is 0 Å². The quantitative estimate of drug-likeness (QED) is 0.783. The Morgan fingerprint density at radius 2 is 2.22 bits per heavy atom. The highest BCUT2D eigenvalue weighted by atomic mass is 16.5. The van der Waals surface area contributed by atoms with Crippen LogP contribution in [0.4, 0.5) is 0 Å². The number of rotatable bonds is 4. The molecule has 6 heteroatoms. The van der Waals surface area contributed by atoms with E-state index in [1.807, 2.05) is 6.20 Å². The number of carbonyl (C=O) groups excluding carboxylic acids is 2. The summed E-state index contributed by atoms with van der Waals surface area (Å²) in [5.41, 5.74) is 2.85. The van der Waals surface area contributed by atoms with Crippen molar-refractivity contribution in [2.75, 3.05) is 13.2 Å². The molecule has 23 heavy (non-hydrogen) atoms. The van der Waals surface area contributed by atoms with Crippen LogP contribution in [0.2, 0.25) is 0 Å². The third-order valence-corrected chi connectivity index (χ3v) is 4.57. The summed E-state index contributed by atoms with van der Waals surface area (Å²) in [6.45, 7) is 0.350. The zero-order valence-corrected chi connectivity index (χ0v) is 12.8. The van der Waals surface area contributed by atoms with Gasteiger partial charge in [0.15, 0.2) is 0 Å². The lowest BCUT2D eigenvalue weighted by molar-refractivity contribution is -0.148. The summed E-state index contributed by atoms with van der Waals surface area (Å²) in [4.78, 5) is 32.3. The standard InChI is InChI=1S/C17H18N2O4/c20-15-5-10(8-22-15)9-23-17(21)12-3-4-14-13(6-12)7-18-16(19-14)11-1-2-11/h5,7,11-12H,1-4,6,8-9H2. The molecule has 1 aromatic heterocycles. The third-order valence-electron chi connectivity index (χ3n) is 4.57. The van der Waals surface area contributed by atoms with Crippen LogP contribution >= 0.6 is 0 Å². The predicted molar refractivity (Wildman–Crippen MR) is 79.5 cm³/mol. The summed E-state index contributed by atoms with van der Waals surface area (Å²) < 4.78 is 10.1. The van der Waals surface area contributed by atoms with E-state index in [1.54, 1.807) is 0 Å². The summed E-state index contributed by atoms with van der Waals surface area (Å²) in [5, 5.41) is 0. The first kappa shape index (κ1) is 14.4. The van der Waals surface area contributed by atoms with Crippen LogP contribution in [0.3, 0.4) is 0 Å². The van der Waals surface area contributed by atoms with Gasteiger partial charge in [-0.1, -0.05) is 0 Å². The molecular formula is C17H18N2O4. The van der Waals surface area contributed by atoms with Gasteiger partial charge in [-0.15, -0.1) is 0 Å². The Morgan fingerprint density at radius 1 is 1.35 bits per heavy atom. The lowest BCUT2D eigenvalue weighted by Gasteiger charge is -2.22. The van der Waals surface area contributed by atoms with Gasteiger partial charge in [-0.25, -0.2) is 14.8 Å². The molecule has 0 aromatic carbocycles. The van der Waals surface area contributed by atoms with Gasteiger partial charge in [-0.2, -0.15) is 0 Å². The number of aromatic nitrogens is 2. The van der Waals surface area contributed by atoms with Gasteiger partial charge in [0.05, 0.1) is 5.92 Å². The van der Waals surface area contributed by atoms with E-state index in [0.29, 0.717) is 17.9 Å². The van der Waals surface area contributed by atoms with Crippen molar-refractivity contribution >= 4 is 11.9 Å². The van der Waals surface area contributed by atoms with Gasteiger partial charge in [0.1, 0.15) is 19.0 Å². The number of ether oxygens (including phenoxy) is 2. The molecular weight excluding hydrogens is 296 g/mol. The van der Waals surface area contributed by atoms with E-state index < -0.39 is 0 Å². The molecule has 1 aromatic rings. The molecule has 120 valence electrons. The van der Waals surface area contributed by atoms with Crippen LogP contribution in [0.1, 0.15) is 42.3 Å². The summed E-state index contributed by atoms with van der Waals surface area (Å²) in [6.07, 6.45) is 7.82. The van der Waals surface area contributed by atoms with Crippen LogP contribution in [0.25, 0.3) is 0 Å². The second-order valence-electron chi connectivity index (χ2n) is 6.43. The SMILES string of the molecule is O=C1C=C(COC(=O)C2CCc3nc(C4CC4)ncc3C2)CO1. The minimum Gasteiger partial charge on any atom is -0.461 e. The van der Waals surface area contributed by atoms with E-state index in [9.17, 15) is 9.59 Å². The second kappa shape index (κ2) is 5.76. The van der Waals surface area contributed by atoms with E-state index in [0.717, 1.165) is 29.9 Å². The zero-order valence-electron chi connectivity index (χ0n) is 12.8. The average Bonchev–Trinajstić information content (AvgIpc) is 3.34. The van der Waals surface area contributed by atoms with Gasteiger partial charge in [-0.05, 0) is 37.7 Å². The Balaban J connectivity index is 1.36. The monoisotopic (exact) mass is 314 g/mol. The van der Waals surface area contributed by atoms with Crippen molar-refractivity contribution in [3.05, 3.63) is 34.9 Å². The minimum absolute atomic E-state index is 0.130. The lowest BCUT2D eigenvalue weighted by atomic mass is 9.87. The predicted octanol–water partition coefficient (Wildman–Crippen LogP) is 1.49. The molecule has 1 saturated carbocycles. The maximum absolute atomic E-state index is 12.2. The van der Waals surface area contributed by atoms with Gasteiger partial charge < -0.3 is 9.47 Å². The number of nitrogens with zero attached hydrogens (tertiary/aromatic N) is 2. The third kappa shape index (κ3) is 3.11. The molecule has 2 aliphatic carbocycles. The van der Waals surface area contributed by atoms with Crippen molar-refractivity contribution in [2.24, 2.45) is 5.92 Å². The number of fused-ring (bicyclic) bond motifs is 1. The van der Waals surface area contributed by atoms with Crippen molar-refractivity contribution in [3.63, 3.8) is 0 Å². The first-order valence-electron chi connectivity index (χ1n) is 8.06. The van der Waals surface area contributed by atoms with Gasteiger partial charge >= 0.3 is 11.9 Å². The number of esters is 2. The first-order valence-corrected chi connectivity index (χ1v) is 8.06. The van der Waals surface area contributed by atoms with E-state index in [-0.39, 0.29) is 31.1 Å². The second-order valence-corrected chi connectivity index (χ2v) is 6.43. The highest BCUT2D eigenvalue weighted by Crippen LogP contribution is 2.38. The van der Waals surface area contributed by atoms with Crippen molar-refractivity contribution in [1.29, 1.82) is 0 Å². The molecule has 0 spiro atoms. The maximum atomic E-state index is 12.2. The molecule has 0 bridgehead atoms. The summed E-state index contributed by atoms with van der Waals surface area (Å²) >= 11 is 0. The smallest absolute Gasteiger partial charge is 0.331 e. The number of hydrogen-bond donors (Lipinski definition) is 0. The Morgan fingerprint density at radius 3 is 2.96 bits per heavy atom. The topological polar surface area (TPSA) is 78.4 Å². The van der Waals surface area contributed by atoms with E-state index in [2.05, 4.69) is 9.97 Å². The van der Waals surface area contributed by atoms with Crippen LogP contribution in [0, 0.1) is 5.92 Å². The highest BCUT2D eigenvalue weighted by molar-refractivity contribution is 5.85. The fourth-order valence-electron chi connectivity index (χ4n) is 3.04. The summed E-state index contributed by atoms with van der Waals surface area (Å²) in [6, 6.07) is 0. The maximum Gasteiger partial charge on any atom is 0.331 e. The molecule has 1 unspecified atom stereocenters. The van der Waals surface area contributed by atoms with E-state index in [1.165, 1.54) is 18.9 Å². The van der Waals surface area contributed by atoms with Gasteiger partial charge in [0, 0.05) is 29.5 Å². The lowest BCUT2D eigenvalue weighted by Crippen LogP contribution is -2.26. The fourth-order valence-corrected chi connectivity index (χ4v) is 3.04. The summed E-state index contributed by atoms with van der Waals surface area (Å²) in [5.74, 6) is 0.764. The summed E-state index contributed by atoms with van der Waals surface area (Å²) in [7, 11) is 0. The molecule has 0 radical (unpaired) electrons. The molecule has 1 atom stereocenters. The van der Waals surface area contributed by atoms with Crippen molar-refractivity contribution in [1.82, 2.24) is 9.97 Å². The Labute approximate surface area is 133 Å². The van der Waals surface area contributed by atoms with Crippen LogP contribution in [-0.2, 0) is 31.9 Å². The molecule has 0 N–H and O–H groups in total. The molecule has 1 fully saturated rings. The molecule has 4 rings (SSSR count). The Bertz CT molecular complexity index is 694. The molecule has 0 saturated heterocycles. The van der Waals surface area contributed by atoms with Crippen LogP contribution in [-0.4, -0.2) is 35.1 Å². The largest absolute Gasteiger partial charge is 0.461 e. The van der Waals surface area contributed by atoms with Crippen LogP contribution < -0.4 is 0 Å². The highest BCUT2D eigenvalue weighted by Gasteiger charge is 2.31. The Hall–Kier alpha value is -2.24. The zero-order chi connectivity index (χ0) is 15.8. The van der Waals surface area contributed by atoms with E-state index in [4.69, 9.17) is 9.47 Å². The van der Waals surface area contributed by atoms with Crippen LogP contribution in [0.15, 0.2) is 17.8 Å². The minimum atomic E-state index is -0.369. The number of aryl methyl sites for hydroxylation is 1. The number of carbonyl (C=O) groups is 2. The molecule has 0 amide bonds. The van der Waals surface area contributed by atoms with Crippen LogP contribution in [0.5, 0.6) is 0 Å². The first-order chi connectivity index (χ1) is 11.2. The van der Waals surface area contributed by atoms with Crippen molar-refractivity contribution in [2.45, 2.75) is 38.0 Å². The number of cyclic esters (lactones) is 1. The molecule has 1 aliphatic heterocycles. The fraction of sp³-hybridized carbons (Fsp3) is 0.529. The van der Waals surface area contributed by atoms with Gasteiger partial charge in [-0.3, -0.25) is 4.79 Å². The van der Waals surface area contributed by atoms with E-state index >= 15 is 0 Å². The Kier molecular flexibility index (Phi) is 3.59. The van der Waals surface area contributed by atoms with Crippen molar-refractivity contribution in [3.8, 4) is 0 Å².